The maximum atomic E-state index is 12.7. The highest BCUT2D eigenvalue weighted by atomic mass is 32.1. The summed E-state index contributed by atoms with van der Waals surface area (Å²) in [6.45, 7) is 5.54. The Bertz CT molecular complexity index is 614. The van der Waals surface area contributed by atoms with Crippen LogP contribution in [0.5, 0.6) is 0 Å². The Morgan fingerprint density at radius 3 is 2.42 bits per heavy atom. The predicted molar refractivity (Wildman–Crippen MR) is 97.7 cm³/mol. The van der Waals surface area contributed by atoms with E-state index in [4.69, 9.17) is 9.47 Å². The Hall–Kier alpha value is -1.93. The number of likely N-dealkylation sites (tertiary alicyclic amines) is 1. The normalized spacial score (nSPS) is 17.7. The molecule has 0 unspecified atom stereocenters. The van der Waals surface area contributed by atoms with Crippen LogP contribution < -0.4 is 5.32 Å². The lowest BCUT2D eigenvalue weighted by Gasteiger charge is -2.35. The van der Waals surface area contributed by atoms with Gasteiger partial charge >= 0.3 is 11.9 Å². The molecule has 1 aliphatic heterocycles. The second-order valence-corrected chi connectivity index (χ2v) is 7.15. The third kappa shape index (κ3) is 4.42. The van der Waals surface area contributed by atoms with Crippen molar-refractivity contribution in [2.24, 2.45) is 0 Å². The monoisotopic (exact) mass is 382 g/mol. The fraction of sp³-hybridized carbons (Fsp3) is 0.611. The molecule has 7 nitrogen and oxygen atoms in total. The first-order valence-electron chi connectivity index (χ1n) is 8.85. The number of nitrogens with one attached hydrogen (secondary N) is 1. The third-order valence-electron chi connectivity index (χ3n) is 4.31. The van der Waals surface area contributed by atoms with Crippen LogP contribution in [0.2, 0.25) is 0 Å². The van der Waals surface area contributed by atoms with Crippen molar-refractivity contribution < 1.29 is 23.9 Å². The Kier molecular flexibility index (Phi) is 7.16. The van der Waals surface area contributed by atoms with E-state index in [2.05, 4.69) is 10.2 Å². The number of esters is 2. The minimum Gasteiger partial charge on any atom is -0.464 e. The molecule has 0 aliphatic carbocycles. The maximum Gasteiger partial charge on any atom is 0.345 e. The molecule has 0 aromatic carbocycles. The summed E-state index contributed by atoms with van der Waals surface area (Å²) in [6, 6.07) is 4.13. The fourth-order valence-electron chi connectivity index (χ4n) is 3.29. The molecule has 26 heavy (non-hydrogen) atoms. The smallest absolute Gasteiger partial charge is 0.345 e. The number of amides is 1. The van der Waals surface area contributed by atoms with Gasteiger partial charge in [0.05, 0.1) is 13.2 Å². The number of thiophene rings is 1. The number of nitrogens with zero attached hydrogens (tertiary/aromatic N) is 1. The molecule has 2 heterocycles. The van der Waals surface area contributed by atoms with Crippen molar-refractivity contribution in [2.75, 3.05) is 26.3 Å². The summed E-state index contributed by atoms with van der Waals surface area (Å²) < 4.78 is 10.3. The van der Waals surface area contributed by atoms with Crippen LogP contribution in [0.15, 0.2) is 17.5 Å². The van der Waals surface area contributed by atoms with Gasteiger partial charge in [-0.3, -0.25) is 9.69 Å². The minimum atomic E-state index is -1.86. The molecule has 0 spiro atoms. The van der Waals surface area contributed by atoms with E-state index in [9.17, 15) is 14.4 Å². The van der Waals surface area contributed by atoms with Crippen LogP contribution in [0.1, 0.15) is 44.5 Å². The molecule has 0 radical (unpaired) electrons. The van der Waals surface area contributed by atoms with E-state index in [1.165, 1.54) is 11.8 Å². The van der Waals surface area contributed by atoms with Crippen LogP contribution in [-0.4, -0.2) is 54.6 Å². The van der Waals surface area contributed by atoms with Crippen LogP contribution in [0.4, 0.5) is 0 Å². The third-order valence-corrected chi connectivity index (χ3v) is 5.29. The van der Waals surface area contributed by atoms with Crippen LogP contribution in [0.3, 0.4) is 0 Å². The van der Waals surface area contributed by atoms with Crippen molar-refractivity contribution in [1.29, 1.82) is 0 Å². The van der Waals surface area contributed by atoms with Crippen molar-refractivity contribution in [1.82, 2.24) is 10.2 Å². The molecule has 8 heteroatoms. The number of hydrogen-bond donors (Lipinski definition) is 1. The minimum absolute atomic E-state index is 0.0206. The van der Waals surface area contributed by atoms with Gasteiger partial charge in [0.1, 0.15) is 0 Å². The summed E-state index contributed by atoms with van der Waals surface area (Å²) in [5, 5.41) is 4.53. The van der Waals surface area contributed by atoms with Crippen molar-refractivity contribution in [2.45, 2.75) is 45.2 Å². The highest BCUT2D eigenvalue weighted by molar-refractivity contribution is 7.10. The number of carbonyl (C=O) groups is 3. The summed E-state index contributed by atoms with van der Waals surface area (Å²) >= 11 is 1.64. The molecule has 2 rings (SSSR count). The summed E-state index contributed by atoms with van der Waals surface area (Å²) in [5.74, 6) is -2.06. The van der Waals surface area contributed by atoms with Gasteiger partial charge in [0.25, 0.3) is 0 Å². The van der Waals surface area contributed by atoms with Gasteiger partial charge in [0.15, 0.2) is 0 Å². The average Bonchev–Trinajstić information content (AvgIpc) is 3.24. The van der Waals surface area contributed by atoms with Gasteiger partial charge < -0.3 is 14.8 Å². The van der Waals surface area contributed by atoms with Crippen molar-refractivity contribution in [3.63, 3.8) is 0 Å². The van der Waals surface area contributed by atoms with Crippen molar-refractivity contribution >= 4 is 29.2 Å². The molecule has 1 N–H and O–H groups in total. The topological polar surface area (TPSA) is 84.9 Å². The zero-order valence-corrected chi connectivity index (χ0v) is 16.3. The number of ether oxygens (including phenoxy) is 2. The fourth-order valence-corrected chi connectivity index (χ4v) is 4.18. The molecule has 1 fully saturated rings. The average molecular weight is 382 g/mol. The quantitative estimate of drug-likeness (QED) is 0.546. The molecule has 0 saturated carbocycles. The first kappa shape index (κ1) is 20.4. The first-order valence-corrected chi connectivity index (χ1v) is 9.73. The van der Waals surface area contributed by atoms with E-state index in [1.807, 2.05) is 17.5 Å². The molecule has 1 aromatic heterocycles. The van der Waals surface area contributed by atoms with E-state index in [0.29, 0.717) is 0 Å². The van der Waals surface area contributed by atoms with E-state index in [-0.39, 0.29) is 25.8 Å². The molecular weight excluding hydrogens is 356 g/mol. The molecule has 0 bridgehead atoms. The van der Waals surface area contributed by atoms with Gasteiger partial charge in [-0.2, -0.15) is 0 Å². The molecule has 1 amide bonds. The van der Waals surface area contributed by atoms with Crippen LogP contribution >= 0.6 is 11.3 Å². The second kappa shape index (κ2) is 9.14. The van der Waals surface area contributed by atoms with Gasteiger partial charge in [0, 0.05) is 24.4 Å². The van der Waals surface area contributed by atoms with Gasteiger partial charge in [-0.25, -0.2) is 9.59 Å². The van der Waals surface area contributed by atoms with Crippen LogP contribution in [-0.2, 0) is 23.9 Å². The lowest BCUT2D eigenvalue weighted by atomic mass is 9.97. The van der Waals surface area contributed by atoms with Crippen LogP contribution in [0.25, 0.3) is 0 Å². The lowest BCUT2D eigenvalue weighted by molar-refractivity contribution is -0.169. The Morgan fingerprint density at radius 1 is 1.27 bits per heavy atom. The van der Waals surface area contributed by atoms with Gasteiger partial charge in [-0.1, -0.05) is 6.07 Å². The summed E-state index contributed by atoms with van der Waals surface area (Å²) in [7, 11) is 0. The maximum absolute atomic E-state index is 12.7. The van der Waals surface area contributed by atoms with E-state index in [0.717, 1.165) is 19.4 Å². The summed E-state index contributed by atoms with van der Waals surface area (Å²) in [5.41, 5.74) is -1.86. The highest BCUT2D eigenvalue weighted by Crippen LogP contribution is 2.35. The van der Waals surface area contributed by atoms with Crippen LogP contribution in [0, 0.1) is 0 Å². The van der Waals surface area contributed by atoms with Crippen molar-refractivity contribution in [3.8, 4) is 0 Å². The number of rotatable bonds is 8. The largest absolute Gasteiger partial charge is 0.464 e. The predicted octanol–water partition coefficient (Wildman–Crippen LogP) is 1.89. The van der Waals surface area contributed by atoms with E-state index < -0.39 is 23.4 Å². The molecule has 1 aromatic rings. The molecule has 1 aliphatic rings. The van der Waals surface area contributed by atoms with Gasteiger partial charge in [0.2, 0.25) is 11.4 Å². The van der Waals surface area contributed by atoms with Crippen molar-refractivity contribution in [3.05, 3.63) is 22.4 Å². The number of carbonyl (C=O) groups excluding carboxylic acids is 3. The lowest BCUT2D eigenvalue weighted by Crippen LogP contribution is -2.66. The zero-order valence-electron chi connectivity index (χ0n) is 15.4. The molecule has 144 valence electrons. The summed E-state index contributed by atoms with van der Waals surface area (Å²) in [6.07, 6.45) is 1.88. The Labute approximate surface area is 157 Å². The first-order chi connectivity index (χ1) is 12.4. The molecule has 1 saturated heterocycles. The van der Waals surface area contributed by atoms with Gasteiger partial charge in [-0.15, -0.1) is 11.3 Å². The molecular formula is C18H26N2O5S. The SMILES string of the molecule is CCOC(=O)C(CN1CCC[C@H]1c1cccs1)(NC(C)=O)C(=O)OCC. The standard InChI is InChI=1S/C18H26N2O5S/c1-4-24-16(22)18(19-13(3)21,17(23)25-5-2)12-20-10-6-8-14(20)15-9-7-11-26-15/h7,9,11,14H,4-6,8,10,12H2,1-3H3,(H,19,21)/t14-/m0/s1. The van der Waals surface area contributed by atoms with E-state index in [1.54, 1.807) is 25.2 Å². The second-order valence-electron chi connectivity index (χ2n) is 6.17. The Morgan fingerprint density at radius 2 is 1.92 bits per heavy atom. The molecule has 1 atom stereocenters. The summed E-state index contributed by atoms with van der Waals surface area (Å²) in [4.78, 5) is 40.5. The zero-order chi connectivity index (χ0) is 19.2. The number of hydrogen-bond acceptors (Lipinski definition) is 7. The van der Waals surface area contributed by atoms with Gasteiger partial charge in [-0.05, 0) is 44.7 Å². The highest BCUT2D eigenvalue weighted by Gasteiger charge is 2.52. The Balaban J connectivity index is 2.36. The van der Waals surface area contributed by atoms with E-state index >= 15 is 0 Å².